The fraction of sp³-hybridized carbons (Fsp3) is 0.125. The molecule has 0 spiro atoms. The summed E-state index contributed by atoms with van der Waals surface area (Å²) in [4.78, 5) is 20.4. The van der Waals surface area contributed by atoms with E-state index in [2.05, 4.69) is 0 Å². The third kappa shape index (κ3) is 2.16. The van der Waals surface area contributed by atoms with Crippen LogP contribution in [0.4, 0.5) is 5.69 Å². The number of benzene rings is 1. The Morgan fingerprint density at radius 1 is 1.60 bits per heavy atom. The maximum absolute atomic E-state index is 10.7. The number of methoxy groups -OCH3 is 1. The van der Waals surface area contributed by atoms with Crippen LogP contribution in [0.3, 0.4) is 0 Å². The van der Waals surface area contributed by atoms with Gasteiger partial charge in [0, 0.05) is 12.1 Å². The molecule has 1 aromatic rings. The van der Waals surface area contributed by atoms with E-state index in [1.165, 1.54) is 7.11 Å². The summed E-state index contributed by atoms with van der Waals surface area (Å²) in [6.45, 7) is 0. The molecule has 1 rings (SSSR count). The second kappa shape index (κ2) is 4.14. The first-order chi connectivity index (χ1) is 6.97. The summed E-state index contributed by atoms with van der Waals surface area (Å²) >= 11 is 5.63. The minimum absolute atomic E-state index is 0.00537. The standard InChI is InChI=1S/C8H6ClNO5/c1-15-7-2-4(8(11)12)6(10(13)14)3-5(7)9/h2-3H,1H3,(H,11,12). The lowest BCUT2D eigenvalue weighted by molar-refractivity contribution is -0.385. The van der Waals surface area contributed by atoms with Crippen molar-refractivity contribution in [1.29, 1.82) is 0 Å². The molecule has 80 valence electrons. The lowest BCUT2D eigenvalue weighted by Gasteiger charge is -2.04. The van der Waals surface area contributed by atoms with Crippen molar-refractivity contribution in [2.45, 2.75) is 0 Å². The van der Waals surface area contributed by atoms with Crippen LogP contribution in [0, 0.1) is 10.1 Å². The number of carboxylic acid groups (broad SMARTS) is 1. The number of hydrogen-bond acceptors (Lipinski definition) is 4. The Bertz CT molecular complexity index is 431. The molecule has 1 aromatic carbocycles. The molecule has 0 heterocycles. The summed E-state index contributed by atoms with van der Waals surface area (Å²) in [7, 11) is 1.29. The summed E-state index contributed by atoms with van der Waals surface area (Å²) in [6, 6.07) is 1.96. The van der Waals surface area contributed by atoms with Crippen LogP contribution in [0.25, 0.3) is 0 Å². The normalized spacial score (nSPS) is 9.73. The van der Waals surface area contributed by atoms with Crippen LogP contribution in [-0.2, 0) is 0 Å². The minimum atomic E-state index is -1.41. The van der Waals surface area contributed by atoms with Crippen LogP contribution >= 0.6 is 11.6 Å². The molecular formula is C8H6ClNO5. The van der Waals surface area contributed by atoms with Crippen LogP contribution in [-0.4, -0.2) is 23.1 Å². The number of carbonyl (C=O) groups is 1. The van der Waals surface area contributed by atoms with Crippen molar-refractivity contribution in [3.63, 3.8) is 0 Å². The van der Waals surface area contributed by atoms with Crippen LogP contribution in [0.2, 0.25) is 5.02 Å². The van der Waals surface area contributed by atoms with Gasteiger partial charge in [-0.25, -0.2) is 4.79 Å². The summed E-state index contributed by atoms with van der Waals surface area (Å²) in [6.07, 6.45) is 0. The largest absolute Gasteiger partial charge is 0.495 e. The summed E-state index contributed by atoms with van der Waals surface area (Å²) in [5.74, 6) is -1.32. The molecule has 0 fully saturated rings. The number of nitro benzene ring substituents is 1. The molecule has 0 aliphatic carbocycles. The van der Waals surface area contributed by atoms with Crippen LogP contribution < -0.4 is 4.74 Å². The third-order valence-corrected chi connectivity index (χ3v) is 1.99. The Hall–Kier alpha value is -1.82. The van der Waals surface area contributed by atoms with Crippen molar-refractivity contribution in [3.05, 3.63) is 32.8 Å². The number of rotatable bonds is 3. The molecule has 0 saturated carbocycles. The Morgan fingerprint density at radius 3 is 2.60 bits per heavy atom. The first-order valence-electron chi connectivity index (χ1n) is 3.72. The number of aromatic carboxylic acids is 1. The van der Waals surface area contributed by atoms with Gasteiger partial charge < -0.3 is 9.84 Å². The van der Waals surface area contributed by atoms with E-state index in [1.807, 2.05) is 0 Å². The number of nitrogens with zero attached hydrogens (tertiary/aromatic N) is 1. The van der Waals surface area contributed by atoms with Gasteiger partial charge in [-0.1, -0.05) is 11.6 Å². The van der Waals surface area contributed by atoms with Gasteiger partial charge in [0.15, 0.2) is 0 Å². The van der Waals surface area contributed by atoms with E-state index in [1.54, 1.807) is 0 Å². The maximum Gasteiger partial charge on any atom is 0.342 e. The van der Waals surface area contributed by atoms with Gasteiger partial charge in [0.1, 0.15) is 11.3 Å². The highest BCUT2D eigenvalue weighted by Crippen LogP contribution is 2.32. The van der Waals surface area contributed by atoms with E-state index >= 15 is 0 Å². The van der Waals surface area contributed by atoms with Crippen molar-refractivity contribution in [1.82, 2.24) is 0 Å². The predicted octanol–water partition coefficient (Wildman–Crippen LogP) is 1.95. The molecule has 0 aliphatic rings. The molecule has 6 nitrogen and oxygen atoms in total. The van der Waals surface area contributed by atoms with Gasteiger partial charge in [0.25, 0.3) is 5.69 Å². The number of halogens is 1. The average Bonchev–Trinajstić information content (AvgIpc) is 2.16. The summed E-state index contributed by atoms with van der Waals surface area (Å²) in [5, 5.41) is 19.2. The number of hydrogen-bond donors (Lipinski definition) is 1. The zero-order valence-corrected chi connectivity index (χ0v) is 8.32. The fourth-order valence-corrected chi connectivity index (χ4v) is 1.26. The summed E-state index contributed by atoms with van der Waals surface area (Å²) < 4.78 is 4.75. The number of carboxylic acids is 1. The van der Waals surface area contributed by atoms with Gasteiger partial charge >= 0.3 is 5.97 Å². The molecule has 0 atom stereocenters. The van der Waals surface area contributed by atoms with Crippen molar-refractivity contribution < 1.29 is 19.6 Å². The number of nitro groups is 1. The molecular weight excluding hydrogens is 226 g/mol. The molecule has 0 aliphatic heterocycles. The van der Waals surface area contributed by atoms with Gasteiger partial charge in [-0.05, 0) is 0 Å². The van der Waals surface area contributed by atoms with E-state index in [-0.39, 0.29) is 10.8 Å². The fourth-order valence-electron chi connectivity index (χ4n) is 1.02. The van der Waals surface area contributed by atoms with Crippen molar-refractivity contribution >= 4 is 23.3 Å². The Kier molecular flexibility index (Phi) is 3.11. The molecule has 7 heteroatoms. The van der Waals surface area contributed by atoms with Gasteiger partial charge in [0.05, 0.1) is 17.1 Å². The quantitative estimate of drug-likeness (QED) is 0.634. The second-order valence-electron chi connectivity index (χ2n) is 2.57. The van der Waals surface area contributed by atoms with Crippen LogP contribution in [0.15, 0.2) is 12.1 Å². The Balaban J connectivity index is 3.45. The van der Waals surface area contributed by atoms with Crippen molar-refractivity contribution in [2.24, 2.45) is 0 Å². The molecule has 0 saturated heterocycles. The van der Waals surface area contributed by atoms with E-state index in [4.69, 9.17) is 21.4 Å². The molecule has 1 N–H and O–H groups in total. The molecule has 15 heavy (non-hydrogen) atoms. The summed E-state index contributed by atoms with van der Waals surface area (Å²) in [5.41, 5.74) is -1.02. The van der Waals surface area contributed by atoms with E-state index in [9.17, 15) is 14.9 Å². The van der Waals surface area contributed by atoms with E-state index in [0.717, 1.165) is 12.1 Å². The molecule has 0 bridgehead atoms. The molecule has 0 radical (unpaired) electrons. The SMILES string of the molecule is COc1cc(C(=O)O)c([N+](=O)[O-])cc1Cl. The molecule has 0 amide bonds. The Morgan fingerprint density at radius 2 is 2.20 bits per heavy atom. The highest BCUT2D eigenvalue weighted by molar-refractivity contribution is 6.32. The Labute approximate surface area is 89.2 Å². The van der Waals surface area contributed by atoms with E-state index in [0.29, 0.717) is 0 Å². The molecule has 0 unspecified atom stereocenters. The first-order valence-corrected chi connectivity index (χ1v) is 4.10. The monoisotopic (exact) mass is 231 g/mol. The van der Waals surface area contributed by atoms with E-state index < -0.39 is 22.1 Å². The van der Waals surface area contributed by atoms with Crippen molar-refractivity contribution in [3.8, 4) is 5.75 Å². The zero-order chi connectivity index (χ0) is 11.6. The first kappa shape index (κ1) is 11.3. The molecule has 0 aromatic heterocycles. The third-order valence-electron chi connectivity index (χ3n) is 1.70. The topological polar surface area (TPSA) is 89.7 Å². The zero-order valence-electron chi connectivity index (χ0n) is 7.56. The van der Waals surface area contributed by atoms with Crippen molar-refractivity contribution in [2.75, 3.05) is 7.11 Å². The van der Waals surface area contributed by atoms with Crippen LogP contribution in [0.1, 0.15) is 10.4 Å². The van der Waals surface area contributed by atoms with Gasteiger partial charge in [-0.3, -0.25) is 10.1 Å². The predicted molar refractivity (Wildman–Crippen MR) is 51.6 cm³/mol. The smallest absolute Gasteiger partial charge is 0.342 e. The van der Waals surface area contributed by atoms with Crippen LogP contribution in [0.5, 0.6) is 5.75 Å². The lowest BCUT2D eigenvalue weighted by atomic mass is 10.1. The minimum Gasteiger partial charge on any atom is -0.495 e. The maximum atomic E-state index is 10.7. The van der Waals surface area contributed by atoms with Gasteiger partial charge in [-0.2, -0.15) is 0 Å². The average molecular weight is 232 g/mol. The highest BCUT2D eigenvalue weighted by atomic mass is 35.5. The lowest BCUT2D eigenvalue weighted by Crippen LogP contribution is -2.03. The van der Waals surface area contributed by atoms with Gasteiger partial charge in [-0.15, -0.1) is 0 Å². The second-order valence-corrected chi connectivity index (χ2v) is 2.97. The van der Waals surface area contributed by atoms with Gasteiger partial charge in [0.2, 0.25) is 0 Å². The number of ether oxygens (including phenoxy) is 1. The highest BCUT2D eigenvalue weighted by Gasteiger charge is 2.22.